The lowest BCUT2D eigenvalue weighted by Crippen LogP contribution is -2.40. The monoisotopic (exact) mass is 371 g/mol. The molecule has 2 rings (SSSR count). The van der Waals surface area contributed by atoms with Crippen molar-refractivity contribution in [2.45, 2.75) is 46.3 Å². The number of hydrogen-bond donors (Lipinski definition) is 2. The number of aromatic nitrogens is 3. The quantitative estimate of drug-likeness (QED) is 0.522. The van der Waals surface area contributed by atoms with Crippen molar-refractivity contribution in [3.8, 4) is 0 Å². The molecule has 2 N–H and O–H groups in total. The van der Waals surface area contributed by atoms with Crippen LogP contribution in [0.2, 0.25) is 0 Å². The summed E-state index contributed by atoms with van der Waals surface area (Å²) in [6.07, 6.45) is 1.04. The molecule has 0 amide bonds. The highest BCUT2D eigenvalue weighted by atomic mass is 15.3. The first-order valence-electron chi connectivity index (χ1n) is 9.62. The molecule has 0 saturated carbocycles. The molecule has 1 atom stereocenters. The SMILES string of the molecule is CCNC(=NCc1nnc(C)n1C)NCCC(C)N(C)Cc1ccccc1. The zero-order valence-corrected chi connectivity index (χ0v) is 17.2. The largest absolute Gasteiger partial charge is 0.357 e. The maximum atomic E-state index is 4.62. The van der Waals surface area contributed by atoms with Crippen LogP contribution in [0, 0.1) is 6.92 Å². The Morgan fingerprint density at radius 3 is 2.59 bits per heavy atom. The lowest BCUT2D eigenvalue weighted by atomic mass is 10.1. The second-order valence-electron chi connectivity index (χ2n) is 6.88. The van der Waals surface area contributed by atoms with Crippen LogP contribution in [0.5, 0.6) is 0 Å². The smallest absolute Gasteiger partial charge is 0.191 e. The standard InChI is InChI=1S/C20H33N7/c1-6-21-20(23-14-19-25-24-17(3)27(19)5)22-13-12-16(2)26(4)15-18-10-8-7-9-11-18/h7-11,16H,6,12-15H2,1-5H3,(H2,21,22,23). The van der Waals surface area contributed by atoms with Crippen LogP contribution in [-0.2, 0) is 20.1 Å². The lowest BCUT2D eigenvalue weighted by molar-refractivity contribution is 0.238. The van der Waals surface area contributed by atoms with Gasteiger partial charge in [-0.05, 0) is 39.8 Å². The van der Waals surface area contributed by atoms with E-state index < -0.39 is 0 Å². The third-order valence-electron chi connectivity index (χ3n) is 4.79. The van der Waals surface area contributed by atoms with E-state index in [0.29, 0.717) is 12.6 Å². The maximum absolute atomic E-state index is 4.62. The molecule has 0 fully saturated rings. The zero-order valence-electron chi connectivity index (χ0n) is 17.2. The summed E-state index contributed by atoms with van der Waals surface area (Å²) in [5.41, 5.74) is 1.34. The van der Waals surface area contributed by atoms with Crippen LogP contribution >= 0.6 is 0 Å². The van der Waals surface area contributed by atoms with Crippen LogP contribution in [0.4, 0.5) is 0 Å². The van der Waals surface area contributed by atoms with E-state index in [2.05, 4.69) is 82.0 Å². The molecule has 0 aliphatic carbocycles. The van der Waals surface area contributed by atoms with Gasteiger partial charge in [0.25, 0.3) is 0 Å². The molecule has 1 heterocycles. The van der Waals surface area contributed by atoms with Gasteiger partial charge in [0.1, 0.15) is 12.4 Å². The number of rotatable bonds is 9. The molecule has 2 aromatic rings. The molecule has 7 nitrogen and oxygen atoms in total. The van der Waals surface area contributed by atoms with E-state index in [0.717, 1.165) is 43.7 Å². The molecule has 1 aromatic heterocycles. The highest BCUT2D eigenvalue weighted by Crippen LogP contribution is 2.08. The molecular formula is C20H33N7. The number of aryl methyl sites for hydroxylation is 1. The Labute approximate surface area is 162 Å². The van der Waals surface area contributed by atoms with Gasteiger partial charge in [-0.25, -0.2) is 4.99 Å². The van der Waals surface area contributed by atoms with Crippen molar-refractivity contribution in [3.63, 3.8) is 0 Å². The summed E-state index contributed by atoms with van der Waals surface area (Å²) >= 11 is 0. The lowest BCUT2D eigenvalue weighted by Gasteiger charge is -2.25. The van der Waals surface area contributed by atoms with Gasteiger partial charge in [-0.1, -0.05) is 30.3 Å². The van der Waals surface area contributed by atoms with Gasteiger partial charge in [0.2, 0.25) is 0 Å². The first kappa shape index (κ1) is 20.9. The van der Waals surface area contributed by atoms with Gasteiger partial charge in [0.15, 0.2) is 11.8 Å². The molecule has 0 saturated heterocycles. The van der Waals surface area contributed by atoms with Gasteiger partial charge < -0.3 is 15.2 Å². The van der Waals surface area contributed by atoms with E-state index in [1.807, 2.05) is 18.5 Å². The molecule has 27 heavy (non-hydrogen) atoms. The minimum atomic E-state index is 0.474. The van der Waals surface area contributed by atoms with Crippen LogP contribution in [0.25, 0.3) is 0 Å². The third-order valence-corrected chi connectivity index (χ3v) is 4.79. The summed E-state index contributed by atoms with van der Waals surface area (Å²) in [7, 11) is 4.14. The summed E-state index contributed by atoms with van der Waals surface area (Å²) in [5, 5.41) is 15.0. The van der Waals surface area contributed by atoms with Crippen molar-refractivity contribution >= 4 is 5.96 Å². The fraction of sp³-hybridized carbons (Fsp3) is 0.550. The molecule has 1 unspecified atom stereocenters. The summed E-state index contributed by atoms with van der Waals surface area (Å²) in [5.74, 6) is 2.57. The van der Waals surface area contributed by atoms with Crippen molar-refractivity contribution in [2.75, 3.05) is 20.1 Å². The molecule has 0 radical (unpaired) electrons. The van der Waals surface area contributed by atoms with Crippen molar-refractivity contribution in [1.82, 2.24) is 30.3 Å². The fourth-order valence-corrected chi connectivity index (χ4v) is 2.73. The summed E-state index contributed by atoms with van der Waals surface area (Å²) in [6, 6.07) is 11.1. The summed E-state index contributed by atoms with van der Waals surface area (Å²) < 4.78 is 1.97. The number of guanidine groups is 1. The first-order chi connectivity index (χ1) is 13.0. The Hall–Kier alpha value is -2.41. The van der Waals surface area contributed by atoms with Gasteiger partial charge in [-0.3, -0.25) is 4.90 Å². The van der Waals surface area contributed by atoms with Crippen LogP contribution in [0.1, 0.15) is 37.5 Å². The topological polar surface area (TPSA) is 70.4 Å². The Morgan fingerprint density at radius 1 is 1.22 bits per heavy atom. The summed E-state index contributed by atoms with van der Waals surface area (Å²) in [4.78, 5) is 7.00. The second kappa shape index (κ2) is 10.7. The predicted molar refractivity (Wildman–Crippen MR) is 111 cm³/mol. The number of nitrogens with one attached hydrogen (secondary N) is 2. The van der Waals surface area contributed by atoms with Gasteiger partial charge >= 0.3 is 0 Å². The van der Waals surface area contributed by atoms with E-state index >= 15 is 0 Å². The molecule has 0 spiro atoms. The molecule has 1 aromatic carbocycles. The van der Waals surface area contributed by atoms with Crippen LogP contribution < -0.4 is 10.6 Å². The van der Waals surface area contributed by atoms with Gasteiger partial charge in [0, 0.05) is 32.7 Å². The molecular weight excluding hydrogens is 338 g/mol. The Bertz CT molecular complexity index is 708. The number of aliphatic imine (C=N–C) groups is 1. The average molecular weight is 372 g/mol. The van der Waals surface area contributed by atoms with Crippen molar-refractivity contribution in [2.24, 2.45) is 12.0 Å². The van der Waals surface area contributed by atoms with Gasteiger partial charge in [0.05, 0.1) is 0 Å². The minimum absolute atomic E-state index is 0.474. The van der Waals surface area contributed by atoms with Crippen LogP contribution in [0.3, 0.4) is 0 Å². The van der Waals surface area contributed by atoms with Crippen molar-refractivity contribution < 1.29 is 0 Å². The van der Waals surface area contributed by atoms with Gasteiger partial charge in [-0.15, -0.1) is 10.2 Å². The number of nitrogens with zero attached hydrogens (tertiary/aromatic N) is 5. The van der Waals surface area contributed by atoms with Crippen LogP contribution in [-0.4, -0.2) is 51.8 Å². The highest BCUT2D eigenvalue weighted by Gasteiger charge is 2.10. The van der Waals surface area contributed by atoms with Crippen LogP contribution in [0.15, 0.2) is 35.3 Å². The molecule has 0 aliphatic heterocycles. The zero-order chi connectivity index (χ0) is 19.6. The first-order valence-corrected chi connectivity index (χ1v) is 9.62. The highest BCUT2D eigenvalue weighted by molar-refractivity contribution is 5.79. The second-order valence-corrected chi connectivity index (χ2v) is 6.88. The molecule has 148 valence electrons. The fourth-order valence-electron chi connectivity index (χ4n) is 2.73. The van der Waals surface area contributed by atoms with E-state index in [1.165, 1.54) is 5.56 Å². The van der Waals surface area contributed by atoms with E-state index in [1.54, 1.807) is 0 Å². The Kier molecular flexibility index (Phi) is 8.26. The Balaban J connectivity index is 1.80. The van der Waals surface area contributed by atoms with E-state index in [-0.39, 0.29) is 0 Å². The average Bonchev–Trinajstić information content (AvgIpc) is 2.98. The van der Waals surface area contributed by atoms with Crippen molar-refractivity contribution in [1.29, 1.82) is 0 Å². The molecule has 0 aliphatic rings. The predicted octanol–water partition coefficient (Wildman–Crippen LogP) is 2.09. The minimum Gasteiger partial charge on any atom is -0.357 e. The van der Waals surface area contributed by atoms with E-state index in [4.69, 9.17) is 0 Å². The van der Waals surface area contributed by atoms with Crippen molar-refractivity contribution in [3.05, 3.63) is 47.5 Å². The Morgan fingerprint density at radius 2 is 1.96 bits per heavy atom. The normalized spacial score (nSPS) is 13.0. The number of hydrogen-bond acceptors (Lipinski definition) is 4. The van der Waals surface area contributed by atoms with E-state index in [9.17, 15) is 0 Å². The summed E-state index contributed by atoms with van der Waals surface area (Å²) in [6.45, 7) is 9.43. The number of benzene rings is 1. The molecule has 0 bridgehead atoms. The van der Waals surface area contributed by atoms with Gasteiger partial charge in [-0.2, -0.15) is 0 Å². The third kappa shape index (κ3) is 6.67. The molecule has 7 heteroatoms. The maximum Gasteiger partial charge on any atom is 0.191 e.